The highest BCUT2D eigenvalue weighted by molar-refractivity contribution is 5.75. The van der Waals surface area contributed by atoms with Gasteiger partial charge >= 0.3 is 0 Å². The van der Waals surface area contributed by atoms with Crippen LogP contribution in [0.4, 0.5) is 0 Å². The van der Waals surface area contributed by atoms with Crippen molar-refractivity contribution in [3.05, 3.63) is 35.4 Å². The van der Waals surface area contributed by atoms with Crippen LogP contribution in [-0.4, -0.2) is 13.0 Å². The summed E-state index contributed by atoms with van der Waals surface area (Å²) in [6, 6.07) is 8.36. The van der Waals surface area contributed by atoms with Crippen LogP contribution >= 0.6 is 0 Å². The van der Waals surface area contributed by atoms with Crippen molar-refractivity contribution in [2.45, 2.75) is 13.8 Å². The third-order valence-corrected chi connectivity index (χ3v) is 1.68. The first-order valence-corrected chi connectivity index (χ1v) is 4.08. The first-order valence-electron chi connectivity index (χ1n) is 4.08. The molecular weight excluding hydrogens is 162 g/mol. The van der Waals surface area contributed by atoms with Gasteiger partial charge in [0.05, 0.1) is 0 Å². The molecule has 1 aromatic rings. The Morgan fingerprint density at radius 3 is 1.54 bits per heavy atom. The Bertz CT molecular complexity index is 254. The summed E-state index contributed by atoms with van der Waals surface area (Å²) >= 11 is 0. The van der Waals surface area contributed by atoms with E-state index in [4.69, 9.17) is 11.5 Å². The summed E-state index contributed by atoms with van der Waals surface area (Å²) in [5.41, 5.74) is 12.4. The summed E-state index contributed by atoms with van der Waals surface area (Å²) in [6.45, 7) is 4.24. The lowest BCUT2D eigenvalue weighted by Crippen LogP contribution is -2.21. The molecule has 0 bridgehead atoms. The topological polar surface area (TPSA) is 64.4 Å². The molecule has 0 fully saturated rings. The van der Waals surface area contributed by atoms with E-state index in [0.29, 0.717) is 0 Å². The number of hydrogen-bond donors (Lipinski definition) is 2. The number of guanidine groups is 1. The molecule has 0 aliphatic rings. The van der Waals surface area contributed by atoms with Gasteiger partial charge in [0, 0.05) is 7.05 Å². The molecule has 4 N–H and O–H groups in total. The third kappa shape index (κ3) is 5.73. The number of rotatable bonds is 0. The van der Waals surface area contributed by atoms with Crippen molar-refractivity contribution in [2.24, 2.45) is 16.5 Å². The smallest absolute Gasteiger partial charge is 0.185 e. The number of nitrogens with two attached hydrogens (primary N) is 2. The summed E-state index contributed by atoms with van der Waals surface area (Å²) in [4.78, 5) is 3.36. The second kappa shape index (κ2) is 6.06. The van der Waals surface area contributed by atoms with E-state index >= 15 is 0 Å². The van der Waals surface area contributed by atoms with Crippen molar-refractivity contribution >= 4 is 5.96 Å². The van der Waals surface area contributed by atoms with E-state index < -0.39 is 0 Å². The largest absolute Gasteiger partial charge is 0.370 e. The van der Waals surface area contributed by atoms with E-state index in [0.717, 1.165) is 0 Å². The predicted molar refractivity (Wildman–Crippen MR) is 57.6 cm³/mol. The van der Waals surface area contributed by atoms with E-state index in [1.165, 1.54) is 18.2 Å². The fraction of sp³-hybridized carbons (Fsp3) is 0.300. The summed E-state index contributed by atoms with van der Waals surface area (Å²) in [6.07, 6.45) is 0. The molecule has 3 nitrogen and oxygen atoms in total. The number of hydrogen-bond acceptors (Lipinski definition) is 1. The molecule has 0 amide bonds. The van der Waals surface area contributed by atoms with Gasteiger partial charge in [0.15, 0.2) is 5.96 Å². The highest BCUT2D eigenvalue weighted by Crippen LogP contribution is 2.02. The van der Waals surface area contributed by atoms with Crippen LogP contribution in [0.15, 0.2) is 29.3 Å². The molecule has 3 heteroatoms. The average molecular weight is 179 g/mol. The Morgan fingerprint density at radius 1 is 1.08 bits per heavy atom. The number of aliphatic imine (C=N–C) groups is 1. The Balaban J connectivity index is 0.000000252. The monoisotopic (exact) mass is 179 g/mol. The average Bonchev–Trinajstić information content (AvgIpc) is 2.11. The maximum absolute atomic E-state index is 4.82. The zero-order valence-corrected chi connectivity index (χ0v) is 8.41. The molecule has 0 radical (unpaired) electrons. The fourth-order valence-corrected chi connectivity index (χ4v) is 0.663. The lowest BCUT2D eigenvalue weighted by atomic mass is 10.1. The van der Waals surface area contributed by atoms with Gasteiger partial charge in [-0.05, 0) is 25.0 Å². The van der Waals surface area contributed by atoms with Gasteiger partial charge in [-0.3, -0.25) is 4.99 Å². The van der Waals surface area contributed by atoms with Gasteiger partial charge in [0.2, 0.25) is 0 Å². The summed E-state index contributed by atoms with van der Waals surface area (Å²) in [5, 5.41) is 0. The molecule has 0 saturated carbocycles. The summed E-state index contributed by atoms with van der Waals surface area (Å²) < 4.78 is 0. The Morgan fingerprint density at radius 2 is 1.38 bits per heavy atom. The van der Waals surface area contributed by atoms with Crippen LogP contribution < -0.4 is 11.5 Å². The normalized spacial score (nSPS) is 8.23. The van der Waals surface area contributed by atoms with E-state index in [9.17, 15) is 0 Å². The van der Waals surface area contributed by atoms with Gasteiger partial charge in [-0.1, -0.05) is 24.3 Å². The van der Waals surface area contributed by atoms with Gasteiger partial charge in [-0.25, -0.2) is 0 Å². The molecule has 0 unspecified atom stereocenters. The molecule has 0 aliphatic heterocycles. The maximum Gasteiger partial charge on any atom is 0.185 e. The first-order chi connectivity index (χ1) is 6.07. The Hall–Kier alpha value is -1.51. The van der Waals surface area contributed by atoms with Crippen LogP contribution in [0.25, 0.3) is 0 Å². The highest BCUT2D eigenvalue weighted by Gasteiger charge is 1.83. The van der Waals surface area contributed by atoms with Crippen molar-refractivity contribution in [1.29, 1.82) is 0 Å². The van der Waals surface area contributed by atoms with Crippen LogP contribution in [-0.2, 0) is 0 Å². The summed E-state index contributed by atoms with van der Waals surface area (Å²) in [7, 11) is 1.54. The zero-order chi connectivity index (χ0) is 10.3. The minimum atomic E-state index is 0.130. The standard InChI is InChI=1S/C8H10.C2H7N3/c1-7-5-3-4-6-8(7)2;1-5-2(3)4/h3-6H,1-2H3;1H3,(H4,3,4,5). The van der Waals surface area contributed by atoms with Crippen molar-refractivity contribution in [3.8, 4) is 0 Å². The molecule has 13 heavy (non-hydrogen) atoms. The molecule has 0 spiro atoms. The van der Waals surface area contributed by atoms with Gasteiger partial charge in [0.25, 0.3) is 0 Å². The predicted octanol–water partition coefficient (Wildman–Crippen LogP) is 1.19. The van der Waals surface area contributed by atoms with Crippen LogP contribution in [0.3, 0.4) is 0 Å². The Kier molecular flexibility index (Phi) is 5.35. The summed E-state index contributed by atoms with van der Waals surface area (Å²) in [5.74, 6) is 0.130. The molecule has 0 heterocycles. The number of benzene rings is 1. The van der Waals surface area contributed by atoms with Gasteiger partial charge < -0.3 is 11.5 Å². The minimum absolute atomic E-state index is 0.130. The molecule has 0 aromatic heterocycles. The second-order valence-electron chi connectivity index (χ2n) is 2.73. The molecule has 72 valence electrons. The highest BCUT2D eigenvalue weighted by atomic mass is 15.0. The van der Waals surface area contributed by atoms with Crippen molar-refractivity contribution < 1.29 is 0 Å². The van der Waals surface area contributed by atoms with Crippen LogP contribution in [0, 0.1) is 13.8 Å². The van der Waals surface area contributed by atoms with Crippen molar-refractivity contribution in [2.75, 3.05) is 7.05 Å². The lowest BCUT2D eigenvalue weighted by Gasteiger charge is -1.93. The second-order valence-corrected chi connectivity index (χ2v) is 2.73. The molecule has 1 aromatic carbocycles. The van der Waals surface area contributed by atoms with E-state index in [2.05, 4.69) is 43.1 Å². The SMILES string of the molecule is CN=C(N)N.Cc1ccccc1C. The Labute approximate surface area is 79.5 Å². The van der Waals surface area contributed by atoms with Crippen molar-refractivity contribution in [3.63, 3.8) is 0 Å². The van der Waals surface area contributed by atoms with Crippen molar-refractivity contribution in [1.82, 2.24) is 0 Å². The van der Waals surface area contributed by atoms with E-state index in [-0.39, 0.29) is 5.96 Å². The first kappa shape index (κ1) is 11.5. The molecule has 1 rings (SSSR count). The van der Waals surface area contributed by atoms with E-state index in [1.807, 2.05) is 0 Å². The van der Waals surface area contributed by atoms with Gasteiger partial charge in [0.1, 0.15) is 0 Å². The fourth-order valence-electron chi connectivity index (χ4n) is 0.663. The molecule has 0 atom stereocenters. The third-order valence-electron chi connectivity index (χ3n) is 1.68. The maximum atomic E-state index is 4.82. The van der Waals surface area contributed by atoms with E-state index in [1.54, 1.807) is 0 Å². The molecular formula is C10H17N3. The molecule has 0 aliphatic carbocycles. The van der Waals surface area contributed by atoms with Gasteiger partial charge in [-0.2, -0.15) is 0 Å². The quantitative estimate of drug-likeness (QED) is 0.464. The van der Waals surface area contributed by atoms with Crippen LogP contribution in [0.2, 0.25) is 0 Å². The zero-order valence-electron chi connectivity index (χ0n) is 8.41. The van der Waals surface area contributed by atoms with Crippen LogP contribution in [0.1, 0.15) is 11.1 Å². The molecule has 0 saturated heterocycles. The van der Waals surface area contributed by atoms with Gasteiger partial charge in [-0.15, -0.1) is 0 Å². The lowest BCUT2D eigenvalue weighted by molar-refractivity contribution is 1.34. The minimum Gasteiger partial charge on any atom is -0.370 e. The van der Waals surface area contributed by atoms with Crippen LogP contribution in [0.5, 0.6) is 0 Å². The number of aryl methyl sites for hydroxylation is 2. The number of nitrogens with zero attached hydrogens (tertiary/aromatic N) is 1.